The highest BCUT2D eigenvalue weighted by Gasteiger charge is 2.22. The van der Waals surface area contributed by atoms with E-state index in [2.05, 4.69) is 10.3 Å². The van der Waals surface area contributed by atoms with Gasteiger partial charge in [-0.2, -0.15) is 5.26 Å². The Labute approximate surface area is 113 Å². The molecule has 7 nitrogen and oxygen atoms in total. The van der Waals surface area contributed by atoms with Crippen LogP contribution in [0.5, 0.6) is 0 Å². The molecule has 106 valence electrons. The second-order valence-corrected chi connectivity index (χ2v) is 4.64. The van der Waals surface area contributed by atoms with Gasteiger partial charge < -0.3 is 16.4 Å². The lowest BCUT2D eigenvalue weighted by molar-refractivity contribution is -0.131. The number of carbonyl (C=O) groups excluding carboxylic acids is 1. The lowest BCUT2D eigenvalue weighted by Gasteiger charge is -2.19. The molecule has 0 radical (unpaired) electrons. The van der Waals surface area contributed by atoms with Crippen LogP contribution in [0, 0.1) is 11.5 Å². The fraction of sp³-hybridized carbons (Fsp3) is 0.750. The lowest BCUT2D eigenvalue weighted by atomic mass is 10.1. The van der Waals surface area contributed by atoms with Crippen molar-refractivity contribution in [2.24, 2.45) is 16.5 Å². The number of nitrogens with two attached hydrogens (primary N) is 2. The largest absolute Gasteiger partial charge is 0.369 e. The van der Waals surface area contributed by atoms with Crippen LogP contribution in [0.4, 0.5) is 0 Å². The first-order chi connectivity index (χ1) is 9.15. The van der Waals surface area contributed by atoms with E-state index in [9.17, 15) is 4.79 Å². The number of rotatable bonds is 6. The minimum atomic E-state index is -0.406. The summed E-state index contributed by atoms with van der Waals surface area (Å²) in [7, 11) is 0. The average Bonchev–Trinajstić information content (AvgIpc) is 2.91. The SMILES string of the molecule is N#CNC(N)=NCCCC[C@H](N)C(=O)N1CCCC1. The molecule has 0 spiro atoms. The van der Waals surface area contributed by atoms with Gasteiger partial charge in [-0.3, -0.25) is 15.1 Å². The van der Waals surface area contributed by atoms with Crippen molar-refractivity contribution >= 4 is 11.9 Å². The summed E-state index contributed by atoms with van der Waals surface area (Å²) in [4.78, 5) is 17.7. The van der Waals surface area contributed by atoms with Crippen molar-refractivity contribution in [3.63, 3.8) is 0 Å². The van der Waals surface area contributed by atoms with Crippen molar-refractivity contribution in [3.05, 3.63) is 0 Å². The Bertz CT molecular complexity index is 356. The van der Waals surface area contributed by atoms with Gasteiger partial charge in [0.1, 0.15) is 0 Å². The van der Waals surface area contributed by atoms with Crippen LogP contribution in [0.2, 0.25) is 0 Å². The molecule has 1 heterocycles. The van der Waals surface area contributed by atoms with Gasteiger partial charge in [-0.15, -0.1) is 0 Å². The van der Waals surface area contributed by atoms with Gasteiger partial charge in [0.25, 0.3) is 0 Å². The van der Waals surface area contributed by atoms with E-state index in [4.69, 9.17) is 16.7 Å². The number of carbonyl (C=O) groups is 1. The Hall–Kier alpha value is -1.81. The van der Waals surface area contributed by atoms with Gasteiger partial charge in [-0.25, -0.2) is 0 Å². The molecule has 5 N–H and O–H groups in total. The Morgan fingerprint density at radius 1 is 1.42 bits per heavy atom. The maximum absolute atomic E-state index is 11.9. The number of nitriles is 1. The van der Waals surface area contributed by atoms with Crippen molar-refractivity contribution in [1.82, 2.24) is 10.2 Å². The van der Waals surface area contributed by atoms with E-state index in [1.165, 1.54) is 0 Å². The van der Waals surface area contributed by atoms with Crippen molar-refractivity contribution in [2.75, 3.05) is 19.6 Å². The summed E-state index contributed by atoms with van der Waals surface area (Å²) in [5.41, 5.74) is 11.3. The molecular weight excluding hydrogens is 244 g/mol. The standard InChI is InChI=1S/C12H22N6O/c13-9-17-12(15)16-6-2-1-5-10(14)11(19)18-7-3-4-8-18/h10H,1-8,14H2,(H3,15,16,17)/t10-/m0/s1. The summed E-state index contributed by atoms with van der Waals surface area (Å²) in [5, 5.41) is 10.5. The number of nitrogens with one attached hydrogen (secondary N) is 1. The van der Waals surface area contributed by atoms with Crippen LogP contribution in [0.3, 0.4) is 0 Å². The van der Waals surface area contributed by atoms with Crippen LogP contribution in [0.25, 0.3) is 0 Å². The van der Waals surface area contributed by atoms with Crippen LogP contribution in [0.15, 0.2) is 4.99 Å². The molecule has 1 rings (SSSR count). The highest BCUT2D eigenvalue weighted by atomic mass is 16.2. The molecule has 0 saturated carbocycles. The van der Waals surface area contributed by atoms with Gasteiger partial charge in [0.15, 0.2) is 6.19 Å². The molecule has 1 atom stereocenters. The first-order valence-corrected chi connectivity index (χ1v) is 6.64. The summed E-state index contributed by atoms with van der Waals surface area (Å²) in [6.07, 6.45) is 6.15. The number of likely N-dealkylation sites (tertiary alicyclic amines) is 1. The van der Waals surface area contributed by atoms with E-state index in [1.807, 2.05) is 4.90 Å². The van der Waals surface area contributed by atoms with Gasteiger partial charge in [-0.05, 0) is 32.1 Å². The monoisotopic (exact) mass is 266 g/mol. The minimum absolute atomic E-state index is 0.0617. The average molecular weight is 266 g/mol. The lowest BCUT2D eigenvalue weighted by Crippen LogP contribution is -2.42. The van der Waals surface area contributed by atoms with E-state index in [0.29, 0.717) is 13.0 Å². The molecule has 0 aromatic carbocycles. The zero-order valence-corrected chi connectivity index (χ0v) is 11.1. The molecular formula is C12H22N6O. The highest BCUT2D eigenvalue weighted by Crippen LogP contribution is 2.10. The zero-order valence-electron chi connectivity index (χ0n) is 11.1. The first kappa shape index (κ1) is 15.2. The summed E-state index contributed by atoms with van der Waals surface area (Å²) in [5.74, 6) is 0.187. The third kappa shape index (κ3) is 5.57. The summed E-state index contributed by atoms with van der Waals surface area (Å²) in [6.45, 7) is 2.21. The van der Waals surface area contributed by atoms with Gasteiger partial charge in [0.2, 0.25) is 11.9 Å². The molecule has 1 aliphatic rings. The number of unbranched alkanes of at least 4 members (excludes halogenated alkanes) is 1. The second kappa shape index (κ2) is 8.32. The van der Waals surface area contributed by atoms with Gasteiger partial charge >= 0.3 is 0 Å². The van der Waals surface area contributed by atoms with E-state index in [0.717, 1.165) is 38.8 Å². The van der Waals surface area contributed by atoms with E-state index >= 15 is 0 Å². The van der Waals surface area contributed by atoms with Crippen molar-refractivity contribution in [3.8, 4) is 6.19 Å². The van der Waals surface area contributed by atoms with Crippen molar-refractivity contribution in [2.45, 2.75) is 38.1 Å². The Balaban J connectivity index is 2.13. The van der Waals surface area contributed by atoms with E-state index in [-0.39, 0.29) is 11.9 Å². The fourth-order valence-corrected chi connectivity index (χ4v) is 2.07. The number of hydrogen-bond acceptors (Lipinski definition) is 4. The van der Waals surface area contributed by atoms with E-state index in [1.54, 1.807) is 6.19 Å². The number of aliphatic imine (C=N–C) groups is 1. The molecule has 1 fully saturated rings. The predicted octanol–water partition coefficient (Wildman–Crippen LogP) is -0.508. The summed E-state index contributed by atoms with van der Waals surface area (Å²) >= 11 is 0. The molecule has 0 aliphatic carbocycles. The van der Waals surface area contributed by atoms with Gasteiger partial charge in [0.05, 0.1) is 6.04 Å². The topological polar surface area (TPSA) is 121 Å². The molecule has 19 heavy (non-hydrogen) atoms. The second-order valence-electron chi connectivity index (χ2n) is 4.64. The highest BCUT2D eigenvalue weighted by molar-refractivity contribution is 5.81. The third-order valence-corrected chi connectivity index (χ3v) is 3.12. The first-order valence-electron chi connectivity index (χ1n) is 6.64. The van der Waals surface area contributed by atoms with E-state index < -0.39 is 6.04 Å². The maximum Gasteiger partial charge on any atom is 0.239 e. The molecule has 0 aromatic rings. The van der Waals surface area contributed by atoms with Crippen molar-refractivity contribution < 1.29 is 4.79 Å². The van der Waals surface area contributed by atoms with Crippen LogP contribution in [-0.4, -0.2) is 42.4 Å². The Kier molecular flexibility index (Phi) is 6.68. The summed E-state index contributed by atoms with van der Waals surface area (Å²) < 4.78 is 0. The molecule has 0 bridgehead atoms. The van der Waals surface area contributed by atoms with Crippen LogP contribution in [0.1, 0.15) is 32.1 Å². The molecule has 1 amide bonds. The molecule has 1 saturated heterocycles. The third-order valence-electron chi connectivity index (χ3n) is 3.12. The molecule has 0 aromatic heterocycles. The zero-order chi connectivity index (χ0) is 14.1. The van der Waals surface area contributed by atoms with Crippen LogP contribution >= 0.6 is 0 Å². The summed E-state index contributed by atoms with van der Waals surface area (Å²) in [6, 6.07) is -0.406. The number of guanidine groups is 1. The van der Waals surface area contributed by atoms with Gasteiger partial charge in [-0.1, -0.05) is 0 Å². The maximum atomic E-state index is 11.9. The van der Waals surface area contributed by atoms with Crippen molar-refractivity contribution in [1.29, 1.82) is 5.26 Å². The normalized spacial score (nSPS) is 17.1. The van der Waals surface area contributed by atoms with Crippen LogP contribution < -0.4 is 16.8 Å². The minimum Gasteiger partial charge on any atom is -0.369 e. The molecule has 0 unspecified atom stereocenters. The van der Waals surface area contributed by atoms with Gasteiger partial charge in [0, 0.05) is 19.6 Å². The Morgan fingerprint density at radius 2 is 2.11 bits per heavy atom. The quantitative estimate of drug-likeness (QED) is 0.197. The number of amides is 1. The fourth-order valence-electron chi connectivity index (χ4n) is 2.07. The molecule has 7 heteroatoms. The van der Waals surface area contributed by atoms with Crippen LogP contribution in [-0.2, 0) is 4.79 Å². The number of nitrogens with zero attached hydrogens (tertiary/aromatic N) is 3. The predicted molar refractivity (Wildman–Crippen MR) is 72.9 cm³/mol. The number of hydrogen-bond donors (Lipinski definition) is 3. The Morgan fingerprint density at radius 3 is 2.74 bits per heavy atom. The smallest absolute Gasteiger partial charge is 0.239 e. The molecule has 1 aliphatic heterocycles.